The minimum absolute atomic E-state index is 0.00497. The molecule has 138 valence electrons. The van der Waals surface area contributed by atoms with Gasteiger partial charge in [0.15, 0.2) is 0 Å². The van der Waals surface area contributed by atoms with Crippen LogP contribution in [0.4, 0.5) is 18.9 Å². The number of benzene rings is 1. The van der Waals surface area contributed by atoms with Gasteiger partial charge in [-0.2, -0.15) is 13.2 Å². The smallest absolute Gasteiger partial charge is 0.279 e. The summed E-state index contributed by atoms with van der Waals surface area (Å²) >= 11 is 5.26. The van der Waals surface area contributed by atoms with Gasteiger partial charge in [0, 0.05) is 15.5 Å². The van der Waals surface area contributed by atoms with Crippen LogP contribution in [0.25, 0.3) is 10.6 Å². The van der Waals surface area contributed by atoms with E-state index in [0.29, 0.717) is 10.6 Å². The highest BCUT2D eigenvalue weighted by Crippen LogP contribution is 2.37. The molecule has 0 saturated carbocycles. The Morgan fingerprint density at radius 2 is 1.92 bits per heavy atom. The number of aromatic nitrogens is 1. The molecule has 2 heterocycles. The van der Waals surface area contributed by atoms with Gasteiger partial charge in [0.05, 0.1) is 21.1 Å². The lowest BCUT2D eigenvalue weighted by Gasteiger charge is -2.12. The van der Waals surface area contributed by atoms with Crippen molar-refractivity contribution in [1.82, 2.24) is 4.98 Å². The quantitative estimate of drug-likeness (QED) is 0.513. The van der Waals surface area contributed by atoms with Crippen molar-refractivity contribution >= 4 is 54.3 Å². The Hall–Kier alpha value is -1.43. The molecule has 0 amide bonds. The number of thiazole rings is 1. The molecule has 4 nitrogen and oxygen atoms in total. The summed E-state index contributed by atoms with van der Waals surface area (Å²) in [6, 6.07) is 6.19. The second-order valence-corrected chi connectivity index (χ2v) is 10.1. The molecular weight excluding hydrogens is 473 g/mol. The van der Waals surface area contributed by atoms with E-state index in [1.165, 1.54) is 23.5 Å². The van der Waals surface area contributed by atoms with Crippen molar-refractivity contribution in [1.29, 1.82) is 0 Å². The number of alkyl halides is 3. The van der Waals surface area contributed by atoms with E-state index >= 15 is 0 Å². The van der Waals surface area contributed by atoms with E-state index in [4.69, 9.17) is 0 Å². The Morgan fingerprint density at radius 1 is 1.19 bits per heavy atom. The number of nitrogens with zero attached hydrogens (tertiary/aromatic N) is 1. The minimum Gasteiger partial charge on any atom is -0.279 e. The van der Waals surface area contributed by atoms with Crippen LogP contribution < -0.4 is 4.72 Å². The van der Waals surface area contributed by atoms with E-state index in [2.05, 4.69) is 25.6 Å². The maximum absolute atomic E-state index is 13.0. The Balaban J connectivity index is 1.89. The molecular formula is C15H10BrF3N2O2S3. The van der Waals surface area contributed by atoms with Crippen LogP contribution in [0.2, 0.25) is 0 Å². The van der Waals surface area contributed by atoms with Crippen molar-refractivity contribution in [2.24, 2.45) is 0 Å². The number of halogens is 4. The molecule has 3 rings (SSSR count). The van der Waals surface area contributed by atoms with E-state index in [9.17, 15) is 21.6 Å². The summed E-state index contributed by atoms with van der Waals surface area (Å²) in [7, 11) is -4.01. The zero-order chi connectivity index (χ0) is 19.1. The topological polar surface area (TPSA) is 59.1 Å². The molecule has 0 unspecified atom stereocenters. The zero-order valence-corrected chi connectivity index (χ0v) is 17.0. The van der Waals surface area contributed by atoms with Crippen LogP contribution >= 0.6 is 38.6 Å². The van der Waals surface area contributed by atoms with Gasteiger partial charge in [0.25, 0.3) is 10.0 Å². The van der Waals surface area contributed by atoms with Crippen LogP contribution in [0.1, 0.15) is 10.6 Å². The van der Waals surface area contributed by atoms with Crippen LogP contribution in [0.5, 0.6) is 0 Å². The van der Waals surface area contributed by atoms with Crippen molar-refractivity contribution in [3.63, 3.8) is 0 Å². The van der Waals surface area contributed by atoms with E-state index in [1.54, 1.807) is 6.07 Å². The summed E-state index contributed by atoms with van der Waals surface area (Å²) in [5.74, 6) is 0. The second-order valence-electron chi connectivity index (χ2n) is 5.17. The fourth-order valence-electron chi connectivity index (χ4n) is 2.09. The van der Waals surface area contributed by atoms with E-state index in [-0.39, 0.29) is 14.4 Å². The van der Waals surface area contributed by atoms with Gasteiger partial charge in [-0.25, -0.2) is 13.4 Å². The maximum atomic E-state index is 13.0. The summed E-state index contributed by atoms with van der Waals surface area (Å²) in [5, 5.41) is 2.67. The average Bonchev–Trinajstić information content (AvgIpc) is 3.17. The molecule has 0 aliphatic heterocycles. The SMILES string of the molecule is Cc1nc(-c2ccc(S(=O)(=O)Nc3ccc(Br)c(C(F)(F)F)c3)s2)cs1. The van der Waals surface area contributed by atoms with Crippen molar-refractivity contribution in [3.8, 4) is 10.6 Å². The third-order valence-electron chi connectivity index (χ3n) is 3.24. The van der Waals surface area contributed by atoms with Gasteiger partial charge in [0.1, 0.15) is 4.21 Å². The first-order valence-electron chi connectivity index (χ1n) is 6.98. The Bertz CT molecular complexity index is 1060. The third kappa shape index (κ3) is 4.11. The lowest BCUT2D eigenvalue weighted by molar-refractivity contribution is -0.138. The monoisotopic (exact) mass is 482 g/mol. The number of anilines is 1. The Kier molecular flexibility index (Phi) is 5.17. The number of hydrogen-bond donors (Lipinski definition) is 1. The third-order valence-corrected chi connectivity index (χ3v) is 7.69. The van der Waals surface area contributed by atoms with Gasteiger partial charge in [-0.15, -0.1) is 22.7 Å². The van der Waals surface area contributed by atoms with E-state index in [0.717, 1.165) is 28.5 Å². The van der Waals surface area contributed by atoms with Gasteiger partial charge in [-0.3, -0.25) is 4.72 Å². The van der Waals surface area contributed by atoms with Gasteiger partial charge in [0.2, 0.25) is 0 Å². The van der Waals surface area contributed by atoms with E-state index < -0.39 is 21.8 Å². The molecule has 0 spiro atoms. The van der Waals surface area contributed by atoms with Crippen LogP contribution in [0.15, 0.2) is 44.4 Å². The number of hydrogen-bond acceptors (Lipinski definition) is 5. The summed E-state index contributed by atoms with van der Waals surface area (Å²) in [6.45, 7) is 1.84. The molecule has 3 aromatic rings. The number of nitrogens with one attached hydrogen (secondary N) is 1. The Morgan fingerprint density at radius 3 is 2.54 bits per heavy atom. The van der Waals surface area contributed by atoms with Crippen molar-refractivity contribution < 1.29 is 21.6 Å². The lowest BCUT2D eigenvalue weighted by Crippen LogP contribution is -2.13. The summed E-state index contributed by atoms with van der Waals surface area (Å²) in [4.78, 5) is 4.96. The van der Waals surface area contributed by atoms with Crippen LogP contribution in [0, 0.1) is 6.92 Å². The molecule has 0 radical (unpaired) electrons. The molecule has 0 aliphatic rings. The summed E-state index contributed by atoms with van der Waals surface area (Å²) in [6.07, 6.45) is -4.60. The fraction of sp³-hybridized carbons (Fsp3) is 0.133. The molecule has 26 heavy (non-hydrogen) atoms. The largest absolute Gasteiger partial charge is 0.417 e. The highest BCUT2D eigenvalue weighted by molar-refractivity contribution is 9.10. The molecule has 0 aliphatic carbocycles. The van der Waals surface area contributed by atoms with Crippen LogP contribution in [0.3, 0.4) is 0 Å². The zero-order valence-electron chi connectivity index (χ0n) is 13.0. The first-order chi connectivity index (χ1) is 12.1. The average molecular weight is 483 g/mol. The molecule has 0 fully saturated rings. The fourth-order valence-corrected chi connectivity index (χ4v) is 5.57. The maximum Gasteiger partial charge on any atom is 0.417 e. The minimum atomic E-state index is -4.60. The molecule has 11 heteroatoms. The first kappa shape index (κ1) is 19.3. The number of sulfonamides is 1. The number of aryl methyl sites for hydroxylation is 1. The van der Waals surface area contributed by atoms with Gasteiger partial charge >= 0.3 is 6.18 Å². The lowest BCUT2D eigenvalue weighted by atomic mass is 10.2. The number of thiophene rings is 1. The standard InChI is InChI=1S/C15H10BrF3N2O2S3/c1-8-20-12(7-24-8)13-4-5-14(25-13)26(22,23)21-9-2-3-11(16)10(6-9)15(17,18)19/h2-7,21H,1H3. The van der Waals surface area contributed by atoms with Crippen molar-refractivity contribution in [3.05, 3.63) is 50.8 Å². The summed E-state index contributed by atoms with van der Waals surface area (Å²) < 4.78 is 65.9. The predicted molar refractivity (Wildman–Crippen MR) is 100 cm³/mol. The molecule has 0 atom stereocenters. The second kappa shape index (κ2) is 6.95. The summed E-state index contributed by atoms with van der Waals surface area (Å²) in [5.41, 5.74) is -0.454. The van der Waals surface area contributed by atoms with Gasteiger partial charge in [-0.1, -0.05) is 15.9 Å². The van der Waals surface area contributed by atoms with Crippen molar-refractivity contribution in [2.45, 2.75) is 17.3 Å². The number of rotatable bonds is 4. The van der Waals surface area contributed by atoms with Crippen molar-refractivity contribution in [2.75, 3.05) is 4.72 Å². The molecule has 0 bridgehead atoms. The normalized spacial score (nSPS) is 12.3. The van der Waals surface area contributed by atoms with Gasteiger partial charge in [-0.05, 0) is 37.3 Å². The van der Waals surface area contributed by atoms with Crippen LogP contribution in [-0.2, 0) is 16.2 Å². The molecule has 0 saturated heterocycles. The molecule has 1 N–H and O–H groups in total. The van der Waals surface area contributed by atoms with Crippen LogP contribution in [-0.4, -0.2) is 13.4 Å². The molecule has 2 aromatic heterocycles. The molecule has 1 aromatic carbocycles. The highest BCUT2D eigenvalue weighted by Gasteiger charge is 2.33. The Labute approximate surface area is 163 Å². The highest BCUT2D eigenvalue weighted by atomic mass is 79.9. The first-order valence-corrected chi connectivity index (χ1v) is 11.0. The van der Waals surface area contributed by atoms with Gasteiger partial charge < -0.3 is 0 Å². The predicted octanol–water partition coefficient (Wildman–Crippen LogP) is 5.76. The van der Waals surface area contributed by atoms with E-state index in [1.807, 2.05) is 12.3 Å².